The van der Waals surface area contributed by atoms with Gasteiger partial charge in [0.05, 0.1) is 12.4 Å². The predicted octanol–water partition coefficient (Wildman–Crippen LogP) is 3.54. The first kappa shape index (κ1) is 14.2. The monoisotopic (exact) mass is 303 g/mol. The van der Waals surface area contributed by atoms with Crippen molar-refractivity contribution in [2.75, 3.05) is 12.9 Å². The van der Waals surface area contributed by atoms with Gasteiger partial charge in [-0.2, -0.15) is 11.8 Å². The number of nitrogens with zero attached hydrogens (tertiary/aromatic N) is 1. The van der Waals surface area contributed by atoms with E-state index >= 15 is 0 Å². The number of aryl methyl sites for hydroxylation is 1. The molecule has 0 bridgehead atoms. The van der Waals surface area contributed by atoms with Gasteiger partial charge in [0.15, 0.2) is 5.69 Å². The number of esters is 1. The summed E-state index contributed by atoms with van der Waals surface area (Å²) in [5.41, 5.74) is 0.481. The number of methoxy groups -OCH3 is 1. The van der Waals surface area contributed by atoms with E-state index < -0.39 is 0 Å². The quantitative estimate of drug-likeness (QED) is 0.782. The first-order valence-corrected chi connectivity index (χ1v) is 8.66. The summed E-state index contributed by atoms with van der Waals surface area (Å²) in [6.07, 6.45) is 0. The van der Waals surface area contributed by atoms with Gasteiger partial charge in [-0.1, -0.05) is 13.8 Å². The standard InChI is InChI=1S/C12H17NO2S3/c1-6-7(2)17-9(5-16-6)11-13-10(8(3)18-11)12(14)15-4/h6-7,9H,5H2,1-4H3. The van der Waals surface area contributed by atoms with Gasteiger partial charge >= 0.3 is 5.97 Å². The minimum atomic E-state index is -0.329. The molecule has 0 aliphatic carbocycles. The van der Waals surface area contributed by atoms with Crippen LogP contribution < -0.4 is 0 Å². The number of ether oxygens (including phenoxy) is 1. The van der Waals surface area contributed by atoms with Gasteiger partial charge in [0.25, 0.3) is 0 Å². The van der Waals surface area contributed by atoms with Crippen LogP contribution in [0.15, 0.2) is 0 Å². The number of thiazole rings is 1. The smallest absolute Gasteiger partial charge is 0.357 e. The topological polar surface area (TPSA) is 39.2 Å². The summed E-state index contributed by atoms with van der Waals surface area (Å²) < 4.78 is 4.75. The van der Waals surface area contributed by atoms with Crippen molar-refractivity contribution >= 4 is 40.8 Å². The van der Waals surface area contributed by atoms with Gasteiger partial charge in [-0.25, -0.2) is 9.78 Å². The third-order valence-electron chi connectivity index (χ3n) is 3.02. The molecule has 0 saturated carbocycles. The lowest BCUT2D eigenvalue weighted by molar-refractivity contribution is 0.0594. The van der Waals surface area contributed by atoms with Crippen molar-refractivity contribution < 1.29 is 9.53 Å². The van der Waals surface area contributed by atoms with Gasteiger partial charge in [0.2, 0.25) is 0 Å². The first-order valence-electron chi connectivity index (χ1n) is 5.85. The fraction of sp³-hybridized carbons (Fsp3) is 0.667. The first-order chi connectivity index (χ1) is 8.52. The molecule has 3 atom stereocenters. The second-order valence-corrected chi connectivity index (χ2v) is 8.55. The Bertz CT molecular complexity index is 447. The van der Waals surface area contributed by atoms with Crippen LogP contribution in [0.1, 0.15) is 39.5 Å². The third kappa shape index (κ3) is 2.86. The Kier molecular flexibility index (Phi) is 4.61. The van der Waals surface area contributed by atoms with Crippen molar-refractivity contribution in [2.45, 2.75) is 36.5 Å². The fourth-order valence-electron chi connectivity index (χ4n) is 1.75. The van der Waals surface area contributed by atoms with E-state index in [-0.39, 0.29) is 5.97 Å². The van der Waals surface area contributed by atoms with Crippen LogP contribution >= 0.6 is 34.9 Å². The molecule has 1 fully saturated rings. The van der Waals surface area contributed by atoms with Crippen LogP contribution in [-0.4, -0.2) is 34.3 Å². The summed E-state index contributed by atoms with van der Waals surface area (Å²) in [4.78, 5) is 17.0. The molecule has 0 amide bonds. The SMILES string of the molecule is COC(=O)c1nc(C2CSC(C)C(C)S2)sc1C. The van der Waals surface area contributed by atoms with Gasteiger partial charge in [0, 0.05) is 21.1 Å². The molecular formula is C12H17NO2S3. The minimum Gasteiger partial charge on any atom is -0.464 e. The van der Waals surface area contributed by atoms with E-state index in [2.05, 4.69) is 18.8 Å². The molecule has 0 spiro atoms. The maximum absolute atomic E-state index is 11.6. The van der Waals surface area contributed by atoms with E-state index in [9.17, 15) is 4.79 Å². The fourth-order valence-corrected chi connectivity index (χ4v) is 5.86. The van der Waals surface area contributed by atoms with E-state index in [0.717, 1.165) is 15.6 Å². The van der Waals surface area contributed by atoms with Crippen LogP contribution in [0.4, 0.5) is 0 Å². The molecule has 2 heterocycles. The number of aromatic nitrogens is 1. The van der Waals surface area contributed by atoms with Crippen molar-refractivity contribution in [1.29, 1.82) is 0 Å². The molecule has 18 heavy (non-hydrogen) atoms. The highest BCUT2D eigenvalue weighted by Gasteiger charge is 2.30. The average Bonchev–Trinajstić information content (AvgIpc) is 2.74. The summed E-state index contributed by atoms with van der Waals surface area (Å²) in [6, 6.07) is 0. The Hall–Kier alpha value is -0.200. The predicted molar refractivity (Wildman–Crippen MR) is 79.9 cm³/mol. The molecule has 1 aliphatic heterocycles. The molecule has 1 aromatic heterocycles. The van der Waals surface area contributed by atoms with E-state index in [1.165, 1.54) is 7.11 Å². The number of hydrogen-bond donors (Lipinski definition) is 0. The van der Waals surface area contributed by atoms with E-state index in [1.807, 2.05) is 30.4 Å². The zero-order valence-corrected chi connectivity index (χ0v) is 13.4. The van der Waals surface area contributed by atoms with Gasteiger partial charge in [-0.3, -0.25) is 0 Å². The molecule has 1 saturated heterocycles. The summed E-state index contributed by atoms with van der Waals surface area (Å²) in [7, 11) is 1.40. The Morgan fingerprint density at radius 2 is 2.11 bits per heavy atom. The highest BCUT2D eigenvalue weighted by Crippen LogP contribution is 2.45. The zero-order valence-electron chi connectivity index (χ0n) is 10.9. The second-order valence-electron chi connectivity index (χ2n) is 4.32. The zero-order chi connectivity index (χ0) is 13.3. The van der Waals surface area contributed by atoms with Crippen molar-refractivity contribution in [3.8, 4) is 0 Å². The lowest BCUT2D eigenvalue weighted by Gasteiger charge is -2.30. The van der Waals surface area contributed by atoms with Gasteiger partial charge in [0.1, 0.15) is 5.01 Å². The van der Waals surface area contributed by atoms with E-state index in [1.54, 1.807) is 11.3 Å². The molecule has 0 N–H and O–H groups in total. The Morgan fingerprint density at radius 3 is 2.72 bits per heavy atom. The highest BCUT2D eigenvalue weighted by atomic mass is 32.2. The van der Waals surface area contributed by atoms with Crippen LogP contribution in [0, 0.1) is 6.92 Å². The molecular weight excluding hydrogens is 286 g/mol. The Morgan fingerprint density at radius 1 is 1.39 bits per heavy atom. The van der Waals surface area contributed by atoms with Crippen LogP contribution in [0.2, 0.25) is 0 Å². The third-order valence-corrected chi connectivity index (χ3v) is 7.65. The number of rotatable bonds is 2. The minimum absolute atomic E-state index is 0.329. The summed E-state index contributed by atoms with van der Waals surface area (Å²) in [5, 5.41) is 2.78. The summed E-state index contributed by atoms with van der Waals surface area (Å²) in [5.74, 6) is 0.744. The molecule has 1 aliphatic rings. The maximum Gasteiger partial charge on any atom is 0.357 e. The van der Waals surface area contributed by atoms with Gasteiger partial charge < -0.3 is 4.74 Å². The van der Waals surface area contributed by atoms with Crippen molar-refractivity contribution in [3.05, 3.63) is 15.6 Å². The molecule has 6 heteroatoms. The molecule has 0 aromatic carbocycles. The number of hydrogen-bond acceptors (Lipinski definition) is 6. The molecule has 0 radical (unpaired) electrons. The van der Waals surface area contributed by atoms with E-state index in [4.69, 9.17) is 4.74 Å². The molecule has 3 nitrogen and oxygen atoms in total. The maximum atomic E-state index is 11.6. The highest BCUT2D eigenvalue weighted by molar-refractivity contribution is 8.07. The second kappa shape index (κ2) is 5.84. The van der Waals surface area contributed by atoms with Crippen LogP contribution in [0.25, 0.3) is 0 Å². The Balaban J connectivity index is 2.17. The van der Waals surface area contributed by atoms with Crippen molar-refractivity contribution in [1.82, 2.24) is 4.98 Å². The summed E-state index contributed by atoms with van der Waals surface area (Å²) in [6.45, 7) is 6.46. The number of carbonyl (C=O) groups is 1. The largest absolute Gasteiger partial charge is 0.464 e. The van der Waals surface area contributed by atoms with E-state index in [0.29, 0.717) is 21.4 Å². The van der Waals surface area contributed by atoms with Crippen molar-refractivity contribution in [3.63, 3.8) is 0 Å². The molecule has 2 rings (SSSR count). The average molecular weight is 303 g/mol. The number of carbonyl (C=O) groups excluding carboxylic acids is 1. The van der Waals surface area contributed by atoms with Crippen LogP contribution in [0.5, 0.6) is 0 Å². The van der Waals surface area contributed by atoms with Gasteiger partial charge in [-0.05, 0) is 6.92 Å². The summed E-state index contributed by atoms with van der Waals surface area (Å²) >= 11 is 5.57. The van der Waals surface area contributed by atoms with Crippen molar-refractivity contribution in [2.24, 2.45) is 0 Å². The molecule has 100 valence electrons. The van der Waals surface area contributed by atoms with Gasteiger partial charge in [-0.15, -0.1) is 23.1 Å². The molecule has 3 unspecified atom stereocenters. The van der Waals surface area contributed by atoms with Crippen LogP contribution in [-0.2, 0) is 4.74 Å². The Labute approximate surface area is 120 Å². The lowest BCUT2D eigenvalue weighted by atomic mass is 10.3. The number of thioether (sulfide) groups is 2. The molecule has 1 aromatic rings. The normalized spacial score (nSPS) is 28.1. The lowest BCUT2D eigenvalue weighted by Crippen LogP contribution is -2.21. The van der Waals surface area contributed by atoms with Crippen LogP contribution in [0.3, 0.4) is 0 Å².